The van der Waals surface area contributed by atoms with Crippen LogP contribution in [0.2, 0.25) is 25.7 Å². The summed E-state index contributed by atoms with van der Waals surface area (Å²) in [6.45, 7) is 6.82. The normalized spacial score (nSPS) is 10.1. The summed E-state index contributed by atoms with van der Waals surface area (Å²) in [5.41, 5.74) is 0. The summed E-state index contributed by atoms with van der Waals surface area (Å²) in [4.78, 5) is 9.87. The second kappa shape index (κ2) is 5.44. The van der Waals surface area contributed by atoms with Crippen LogP contribution < -0.4 is 0 Å². The van der Waals surface area contributed by atoms with Crippen LogP contribution in [0.3, 0.4) is 0 Å². The SMILES string of the molecule is C[Si](C)(C)CCC=O.[MgH2]. The maximum absolute atomic E-state index is 9.87. The summed E-state index contributed by atoms with van der Waals surface area (Å²) in [5, 5.41) is 0. The lowest BCUT2D eigenvalue weighted by atomic mass is 10.6. The first-order chi connectivity index (χ1) is 3.56. The van der Waals surface area contributed by atoms with E-state index in [9.17, 15) is 4.79 Å². The first-order valence-electron chi connectivity index (χ1n) is 3.00. The Bertz CT molecular complexity index is 77.6. The molecule has 0 radical (unpaired) electrons. The molecule has 0 aromatic heterocycles. The molecule has 0 aromatic carbocycles. The average Bonchev–Trinajstić information content (AvgIpc) is 1.59. The molecule has 0 atom stereocenters. The predicted octanol–water partition coefficient (Wildman–Crippen LogP) is 0.997. The van der Waals surface area contributed by atoms with Crippen LogP contribution in [0.1, 0.15) is 6.42 Å². The van der Waals surface area contributed by atoms with Gasteiger partial charge in [-0.25, -0.2) is 0 Å². The van der Waals surface area contributed by atoms with Crippen molar-refractivity contribution in [3.63, 3.8) is 0 Å². The number of carbonyl (C=O) groups is 1. The molecule has 0 saturated carbocycles. The van der Waals surface area contributed by atoms with Crippen molar-refractivity contribution in [1.29, 1.82) is 0 Å². The van der Waals surface area contributed by atoms with Gasteiger partial charge in [-0.1, -0.05) is 25.7 Å². The molecular weight excluding hydrogens is 140 g/mol. The lowest BCUT2D eigenvalue weighted by Crippen LogP contribution is -2.18. The van der Waals surface area contributed by atoms with Crippen LogP contribution in [0, 0.1) is 0 Å². The Kier molecular flexibility index (Phi) is 7.46. The largest absolute Gasteiger partial charge is 0.316 e. The summed E-state index contributed by atoms with van der Waals surface area (Å²) < 4.78 is 0. The van der Waals surface area contributed by atoms with E-state index in [0.29, 0.717) is 0 Å². The lowest BCUT2D eigenvalue weighted by Gasteiger charge is -2.11. The number of carbonyl (C=O) groups excluding carboxylic acids is 1. The van der Waals surface area contributed by atoms with Crippen LogP contribution in [0.15, 0.2) is 0 Å². The fraction of sp³-hybridized carbons (Fsp3) is 0.833. The van der Waals surface area contributed by atoms with Gasteiger partial charge in [-0.2, -0.15) is 0 Å². The van der Waals surface area contributed by atoms with Gasteiger partial charge < -0.3 is 4.79 Å². The zero-order chi connectivity index (χ0) is 6.62. The van der Waals surface area contributed by atoms with Crippen LogP contribution in [0.4, 0.5) is 0 Å². The molecule has 52 valence electrons. The Hall–Kier alpha value is 0.653. The van der Waals surface area contributed by atoms with Gasteiger partial charge in [0.25, 0.3) is 0 Å². The molecule has 0 aromatic rings. The van der Waals surface area contributed by atoms with Crippen molar-refractivity contribution in [2.24, 2.45) is 0 Å². The first kappa shape index (κ1) is 12.3. The summed E-state index contributed by atoms with van der Waals surface area (Å²) in [7, 11) is -0.909. The van der Waals surface area contributed by atoms with Crippen molar-refractivity contribution >= 4 is 37.4 Å². The van der Waals surface area contributed by atoms with Gasteiger partial charge in [0.05, 0.1) is 0 Å². The van der Waals surface area contributed by atoms with Gasteiger partial charge in [-0.3, -0.25) is 0 Å². The Labute approximate surface area is 74.4 Å². The second-order valence-corrected chi connectivity index (χ2v) is 8.89. The highest BCUT2D eigenvalue weighted by atomic mass is 28.3. The van der Waals surface area contributed by atoms with E-state index in [0.717, 1.165) is 18.8 Å². The number of rotatable bonds is 3. The Balaban J connectivity index is 0. The molecular formula is C6H16MgOSi. The molecule has 0 aliphatic heterocycles. The molecule has 0 aliphatic rings. The third kappa shape index (κ3) is 12.0. The van der Waals surface area contributed by atoms with E-state index in [1.54, 1.807) is 0 Å². The van der Waals surface area contributed by atoms with Crippen LogP contribution in [0.25, 0.3) is 0 Å². The molecule has 0 unspecified atom stereocenters. The molecule has 1 nitrogen and oxygen atoms in total. The maximum Gasteiger partial charge on any atom is 0.316 e. The van der Waals surface area contributed by atoms with E-state index < -0.39 is 8.07 Å². The summed E-state index contributed by atoms with van der Waals surface area (Å²) in [6, 6.07) is 1.14. The highest BCUT2D eigenvalue weighted by Gasteiger charge is 2.10. The van der Waals surface area contributed by atoms with Crippen molar-refractivity contribution in [2.45, 2.75) is 32.1 Å². The van der Waals surface area contributed by atoms with Gasteiger partial charge in [0.15, 0.2) is 0 Å². The monoisotopic (exact) mass is 156 g/mol. The van der Waals surface area contributed by atoms with Crippen molar-refractivity contribution in [3.8, 4) is 0 Å². The first-order valence-corrected chi connectivity index (χ1v) is 6.70. The van der Waals surface area contributed by atoms with Gasteiger partial charge in [0, 0.05) is 14.5 Å². The molecule has 0 rings (SSSR count). The molecule has 0 heterocycles. The number of hydrogen-bond donors (Lipinski definition) is 0. The zero-order valence-corrected chi connectivity index (χ0v) is 6.90. The van der Waals surface area contributed by atoms with E-state index in [1.807, 2.05) is 0 Å². The second-order valence-electron chi connectivity index (χ2n) is 3.27. The lowest BCUT2D eigenvalue weighted by molar-refractivity contribution is -0.107. The van der Waals surface area contributed by atoms with E-state index in [1.165, 1.54) is 0 Å². The highest BCUT2D eigenvalue weighted by molar-refractivity contribution is 6.76. The molecule has 0 spiro atoms. The zero-order valence-electron chi connectivity index (χ0n) is 5.90. The Morgan fingerprint density at radius 3 is 1.89 bits per heavy atom. The van der Waals surface area contributed by atoms with Gasteiger partial charge in [-0.15, -0.1) is 0 Å². The number of hydrogen-bond acceptors (Lipinski definition) is 1. The van der Waals surface area contributed by atoms with Crippen LogP contribution >= 0.6 is 0 Å². The molecule has 0 bridgehead atoms. The smallest absolute Gasteiger partial charge is 0.303 e. The predicted molar refractivity (Wildman–Crippen MR) is 47.4 cm³/mol. The van der Waals surface area contributed by atoms with Crippen molar-refractivity contribution in [3.05, 3.63) is 0 Å². The summed E-state index contributed by atoms with van der Waals surface area (Å²) in [5.74, 6) is 0. The van der Waals surface area contributed by atoms with Crippen LogP contribution in [-0.4, -0.2) is 37.4 Å². The molecule has 0 N–H and O–H groups in total. The molecule has 0 fully saturated rings. The van der Waals surface area contributed by atoms with E-state index in [4.69, 9.17) is 0 Å². The topological polar surface area (TPSA) is 17.1 Å². The van der Waals surface area contributed by atoms with Crippen molar-refractivity contribution in [2.75, 3.05) is 0 Å². The van der Waals surface area contributed by atoms with Crippen molar-refractivity contribution in [1.82, 2.24) is 0 Å². The quantitative estimate of drug-likeness (QED) is 0.440. The van der Waals surface area contributed by atoms with Gasteiger partial charge in [-0.05, 0) is 0 Å². The van der Waals surface area contributed by atoms with Gasteiger partial charge >= 0.3 is 23.1 Å². The summed E-state index contributed by atoms with van der Waals surface area (Å²) in [6.07, 6.45) is 1.77. The third-order valence-corrected chi connectivity index (χ3v) is 2.80. The Morgan fingerprint density at radius 2 is 1.78 bits per heavy atom. The average molecular weight is 157 g/mol. The molecule has 9 heavy (non-hydrogen) atoms. The van der Waals surface area contributed by atoms with Gasteiger partial charge in [0.2, 0.25) is 0 Å². The minimum absolute atomic E-state index is 0. The minimum atomic E-state index is -0.909. The van der Waals surface area contributed by atoms with Crippen LogP contribution in [0.5, 0.6) is 0 Å². The van der Waals surface area contributed by atoms with E-state index >= 15 is 0 Å². The molecule has 0 saturated heterocycles. The molecule has 3 heteroatoms. The van der Waals surface area contributed by atoms with E-state index in [2.05, 4.69) is 19.6 Å². The van der Waals surface area contributed by atoms with Crippen molar-refractivity contribution < 1.29 is 4.79 Å². The molecule has 0 aliphatic carbocycles. The third-order valence-electron chi connectivity index (χ3n) is 1.01. The molecule has 0 amide bonds. The fourth-order valence-corrected chi connectivity index (χ4v) is 1.48. The summed E-state index contributed by atoms with van der Waals surface area (Å²) >= 11 is 0. The number of aldehydes is 1. The fourth-order valence-electron chi connectivity index (χ4n) is 0.492. The maximum atomic E-state index is 9.87. The standard InChI is InChI=1S/C6H14OSi.Mg.2H/c1-8(2,3)6-4-5-7;;;/h5H,4,6H2,1-3H3;;;. The van der Waals surface area contributed by atoms with Gasteiger partial charge in [0.1, 0.15) is 6.29 Å². The Morgan fingerprint density at radius 1 is 1.33 bits per heavy atom. The minimum Gasteiger partial charge on any atom is -0.303 e. The highest BCUT2D eigenvalue weighted by Crippen LogP contribution is 2.08. The van der Waals surface area contributed by atoms with Crippen LogP contribution in [-0.2, 0) is 4.79 Å². The van der Waals surface area contributed by atoms with E-state index in [-0.39, 0.29) is 23.1 Å².